The quantitative estimate of drug-likeness (QED) is 0.615. The second kappa shape index (κ2) is 3.43. The van der Waals surface area contributed by atoms with Crippen LogP contribution in [-0.4, -0.2) is 11.1 Å². The smallest absolute Gasteiger partial charge is 0.307 e. The average molecular weight is 154 g/mol. The minimum Gasteiger partial charge on any atom is -0.481 e. The predicted octanol–water partition coefficient (Wildman–Crippen LogP) is 1.76. The van der Waals surface area contributed by atoms with E-state index < -0.39 is 17.3 Å². The van der Waals surface area contributed by atoms with Gasteiger partial charge in [-0.2, -0.15) is 0 Å². The third-order valence-electron chi connectivity index (χ3n) is 1.90. The van der Waals surface area contributed by atoms with Crippen molar-refractivity contribution in [3.05, 3.63) is 0 Å². The molecule has 2 heteroatoms. The van der Waals surface area contributed by atoms with Crippen LogP contribution in [-0.2, 0) is 4.79 Å². The van der Waals surface area contributed by atoms with Crippen molar-refractivity contribution in [1.82, 2.24) is 0 Å². The van der Waals surface area contributed by atoms with Crippen LogP contribution in [0.1, 0.15) is 27.7 Å². The predicted molar refractivity (Wildman–Crippen MR) is 44.0 cm³/mol. The summed E-state index contributed by atoms with van der Waals surface area (Å²) < 4.78 is 0. The highest BCUT2D eigenvalue weighted by Gasteiger charge is 2.29. The van der Waals surface area contributed by atoms with Gasteiger partial charge in [-0.15, -0.1) is 5.92 Å². The van der Waals surface area contributed by atoms with Crippen LogP contribution in [0.5, 0.6) is 0 Å². The van der Waals surface area contributed by atoms with Gasteiger partial charge in [-0.25, -0.2) is 0 Å². The Kier molecular flexibility index (Phi) is 3.13. The SMILES string of the molecule is CC#CC(C)(C)C(C)C(=O)O. The maximum absolute atomic E-state index is 10.6. The molecule has 0 amide bonds. The van der Waals surface area contributed by atoms with Crippen LogP contribution in [0, 0.1) is 23.2 Å². The summed E-state index contributed by atoms with van der Waals surface area (Å²) in [7, 11) is 0. The third kappa shape index (κ3) is 2.63. The van der Waals surface area contributed by atoms with Crippen LogP contribution in [0.25, 0.3) is 0 Å². The lowest BCUT2D eigenvalue weighted by Gasteiger charge is -2.21. The number of aliphatic carboxylic acids is 1. The lowest BCUT2D eigenvalue weighted by molar-refractivity contribution is -0.143. The number of hydrogen-bond acceptors (Lipinski definition) is 1. The average Bonchev–Trinajstić information content (AvgIpc) is 1.86. The Bertz CT molecular complexity index is 205. The fraction of sp³-hybridized carbons (Fsp3) is 0.667. The van der Waals surface area contributed by atoms with Gasteiger partial charge in [-0.1, -0.05) is 12.8 Å². The zero-order valence-electron chi connectivity index (χ0n) is 7.43. The number of rotatable bonds is 2. The molecular weight excluding hydrogens is 140 g/mol. The van der Waals surface area contributed by atoms with Crippen molar-refractivity contribution < 1.29 is 9.90 Å². The lowest BCUT2D eigenvalue weighted by Crippen LogP contribution is -2.26. The Labute approximate surface area is 67.6 Å². The van der Waals surface area contributed by atoms with E-state index in [1.54, 1.807) is 13.8 Å². The Morgan fingerprint density at radius 3 is 2.27 bits per heavy atom. The number of carboxylic acid groups (broad SMARTS) is 1. The van der Waals surface area contributed by atoms with Gasteiger partial charge in [0.1, 0.15) is 0 Å². The van der Waals surface area contributed by atoms with Gasteiger partial charge in [0.2, 0.25) is 0 Å². The standard InChI is InChI=1S/C9H14O2/c1-5-6-9(3,4)7(2)8(10)11/h7H,1-4H3,(H,10,11). The van der Waals surface area contributed by atoms with Gasteiger partial charge in [0, 0.05) is 5.41 Å². The highest BCUT2D eigenvalue weighted by atomic mass is 16.4. The summed E-state index contributed by atoms with van der Waals surface area (Å²) in [4.78, 5) is 10.6. The maximum Gasteiger partial charge on any atom is 0.307 e. The van der Waals surface area contributed by atoms with Gasteiger partial charge in [0.05, 0.1) is 5.92 Å². The van der Waals surface area contributed by atoms with E-state index in [4.69, 9.17) is 5.11 Å². The minimum atomic E-state index is -0.794. The zero-order valence-corrected chi connectivity index (χ0v) is 7.43. The van der Waals surface area contributed by atoms with Gasteiger partial charge in [0.15, 0.2) is 0 Å². The summed E-state index contributed by atoms with van der Waals surface area (Å²) in [6.07, 6.45) is 0. The molecule has 0 rings (SSSR count). The van der Waals surface area contributed by atoms with Gasteiger partial charge in [-0.05, 0) is 20.8 Å². The number of hydrogen-bond donors (Lipinski definition) is 1. The topological polar surface area (TPSA) is 37.3 Å². The van der Waals surface area contributed by atoms with E-state index in [0.717, 1.165) is 0 Å². The lowest BCUT2D eigenvalue weighted by atomic mass is 9.81. The number of carboxylic acids is 1. The molecule has 0 aliphatic rings. The molecule has 1 N–H and O–H groups in total. The van der Waals surface area contributed by atoms with Crippen LogP contribution >= 0.6 is 0 Å². The molecule has 0 spiro atoms. The van der Waals surface area contributed by atoms with Crippen LogP contribution < -0.4 is 0 Å². The van der Waals surface area contributed by atoms with E-state index in [9.17, 15) is 4.79 Å². The first kappa shape index (κ1) is 10.0. The van der Waals surface area contributed by atoms with Crippen LogP contribution in [0.4, 0.5) is 0 Å². The molecule has 1 atom stereocenters. The highest BCUT2D eigenvalue weighted by molar-refractivity contribution is 5.71. The van der Waals surface area contributed by atoms with Gasteiger partial charge < -0.3 is 5.11 Å². The summed E-state index contributed by atoms with van der Waals surface area (Å²) in [6.45, 7) is 7.06. The van der Waals surface area contributed by atoms with Crippen LogP contribution in [0.3, 0.4) is 0 Å². The Morgan fingerprint density at radius 1 is 1.55 bits per heavy atom. The molecule has 0 radical (unpaired) electrons. The molecule has 62 valence electrons. The van der Waals surface area contributed by atoms with Gasteiger partial charge in [0.25, 0.3) is 0 Å². The van der Waals surface area contributed by atoms with Crippen molar-refractivity contribution in [1.29, 1.82) is 0 Å². The van der Waals surface area contributed by atoms with E-state index in [1.165, 1.54) is 0 Å². The number of carbonyl (C=O) groups is 1. The fourth-order valence-corrected chi connectivity index (χ4v) is 0.739. The normalized spacial score (nSPS) is 13.1. The van der Waals surface area contributed by atoms with Gasteiger partial charge >= 0.3 is 5.97 Å². The first-order valence-corrected chi connectivity index (χ1v) is 3.58. The molecule has 0 saturated heterocycles. The van der Waals surface area contributed by atoms with Crippen molar-refractivity contribution in [3.8, 4) is 11.8 Å². The Balaban J connectivity index is 4.50. The summed E-state index contributed by atoms with van der Waals surface area (Å²) in [5.41, 5.74) is -0.430. The van der Waals surface area contributed by atoms with Crippen molar-refractivity contribution in [2.45, 2.75) is 27.7 Å². The molecule has 0 fully saturated rings. The van der Waals surface area contributed by atoms with E-state index in [2.05, 4.69) is 11.8 Å². The van der Waals surface area contributed by atoms with Gasteiger partial charge in [-0.3, -0.25) is 4.79 Å². The molecule has 0 aliphatic heterocycles. The molecule has 2 nitrogen and oxygen atoms in total. The van der Waals surface area contributed by atoms with Crippen molar-refractivity contribution >= 4 is 5.97 Å². The van der Waals surface area contributed by atoms with E-state index in [1.807, 2.05) is 13.8 Å². The molecule has 11 heavy (non-hydrogen) atoms. The molecule has 0 aromatic carbocycles. The van der Waals surface area contributed by atoms with Crippen LogP contribution in [0.15, 0.2) is 0 Å². The summed E-state index contributed by atoms with van der Waals surface area (Å²) in [5.74, 6) is 4.39. The van der Waals surface area contributed by atoms with E-state index >= 15 is 0 Å². The second-order valence-corrected chi connectivity index (χ2v) is 3.16. The molecule has 0 heterocycles. The third-order valence-corrected chi connectivity index (χ3v) is 1.90. The summed E-state index contributed by atoms with van der Waals surface area (Å²) in [6, 6.07) is 0. The van der Waals surface area contributed by atoms with Crippen molar-refractivity contribution in [2.75, 3.05) is 0 Å². The largest absolute Gasteiger partial charge is 0.481 e. The second-order valence-electron chi connectivity index (χ2n) is 3.16. The Hall–Kier alpha value is -0.970. The first-order valence-electron chi connectivity index (χ1n) is 3.58. The molecule has 0 aliphatic carbocycles. The molecular formula is C9H14O2. The summed E-state index contributed by atoms with van der Waals surface area (Å²) in [5, 5.41) is 8.68. The maximum atomic E-state index is 10.6. The van der Waals surface area contributed by atoms with E-state index in [0.29, 0.717) is 0 Å². The monoisotopic (exact) mass is 154 g/mol. The molecule has 0 saturated carbocycles. The molecule has 1 unspecified atom stereocenters. The highest BCUT2D eigenvalue weighted by Crippen LogP contribution is 2.25. The molecule has 0 aromatic heterocycles. The first-order chi connectivity index (χ1) is 4.91. The Morgan fingerprint density at radius 2 is 2.00 bits per heavy atom. The van der Waals surface area contributed by atoms with Crippen LogP contribution in [0.2, 0.25) is 0 Å². The summed E-state index contributed by atoms with van der Waals surface area (Å²) >= 11 is 0. The molecule has 0 bridgehead atoms. The zero-order chi connectivity index (χ0) is 9.07. The van der Waals surface area contributed by atoms with Crippen molar-refractivity contribution in [2.24, 2.45) is 11.3 Å². The minimum absolute atomic E-state index is 0.421. The fourth-order valence-electron chi connectivity index (χ4n) is 0.739. The van der Waals surface area contributed by atoms with E-state index in [-0.39, 0.29) is 0 Å². The van der Waals surface area contributed by atoms with Crippen molar-refractivity contribution in [3.63, 3.8) is 0 Å². The molecule has 0 aromatic rings.